The summed E-state index contributed by atoms with van der Waals surface area (Å²) in [5.41, 5.74) is 3.73. The number of carbonyl (C=O) groups is 1. The molecule has 0 atom stereocenters. The molecule has 0 radical (unpaired) electrons. The summed E-state index contributed by atoms with van der Waals surface area (Å²) in [6, 6.07) is 10.8. The van der Waals surface area contributed by atoms with Gasteiger partial charge in [0.2, 0.25) is 10.0 Å². The molecule has 2 rings (SSSR count). The first-order chi connectivity index (χ1) is 12.2. The van der Waals surface area contributed by atoms with E-state index in [1.165, 1.54) is 11.6 Å². The topological polar surface area (TPSA) is 84.5 Å². The summed E-state index contributed by atoms with van der Waals surface area (Å²) in [6.45, 7) is 6.45. The third-order valence-corrected chi connectivity index (χ3v) is 4.36. The van der Waals surface area contributed by atoms with Gasteiger partial charge in [0.25, 0.3) is 5.91 Å². The van der Waals surface area contributed by atoms with Gasteiger partial charge in [-0.15, -0.1) is 0 Å². The van der Waals surface area contributed by atoms with Crippen molar-refractivity contribution in [3.05, 3.63) is 58.7 Å². The lowest BCUT2D eigenvalue weighted by Crippen LogP contribution is -2.28. The van der Waals surface area contributed by atoms with Crippen molar-refractivity contribution in [1.82, 2.24) is 5.32 Å². The van der Waals surface area contributed by atoms with Crippen LogP contribution in [-0.4, -0.2) is 33.7 Å². The van der Waals surface area contributed by atoms with Crippen molar-refractivity contribution in [2.45, 2.75) is 20.8 Å². The molecule has 2 aromatic rings. The fourth-order valence-corrected chi connectivity index (χ4v) is 3.08. The molecule has 0 aliphatic heterocycles. The van der Waals surface area contributed by atoms with Crippen LogP contribution < -0.4 is 14.8 Å². The minimum absolute atomic E-state index is 0.286. The van der Waals surface area contributed by atoms with Crippen molar-refractivity contribution in [2.24, 2.45) is 0 Å². The highest BCUT2D eigenvalue weighted by Crippen LogP contribution is 2.19. The van der Waals surface area contributed by atoms with Gasteiger partial charge in [-0.1, -0.05) is 23.8 Å². The summed E-state index contributed by atoms with van der Waals surface area (Å²) in [5.74, 6) is 0.505. The molecule has 0 aromatic heterocycles. The van der Waals surface area contributed by atoms with Crippen LogP contribution in [0.3, 0.4) is 0 Å². The largest absolute Gasteiger partial charge is 0.491 e. The minimum Gasteiger partial charge on any atom is -0.491 e. The average molecular weight is 376 g/mol. The van der Waals surface area contributed by atoms with E-state index in [2.05, 4.69) is 10.0 Å². The zero-order chi connectivity index (χ0) is 19.3. The van der Waals surface area contributed by atoms with Crippen LogP contribution in [0.25, 0.3) is 0 Å². The third-order valence-electron chi connectivity index (χ3n) is 3.77. The lowest BCUT2D eigenvalue weighted by molar-refractivity contribution is 0.0947. The molecule has 0 aliphatic carbocycles. The molecule has 2 aromatic carbocycles. The van der Waals surface area contributed by atoms with Crippen LogP contribution in [-0.2, 0) is 10.0 Å². The molecule has 0 saturated heterocycles. The second kappa shape index (κ2) is 8.23. The smallest absolute Gasteiger partial charge is 0.251 e. The van der Waals surface area contributed by atoms with Crippen molar-refractivity contribution in [3.63, 3.8) is 0 Å². The van der Waals surface area contributed by atoms with E-state index in [4.69, 9.17) is 4.74 Å². The Morgan fingerprint density at radius 3 is 2.42 bits per heavy atom. The monoisotopic (exact) mass is 376 g/mol. The quantitative estimate of drug-likeness (QED) is 0.728. The van der Waals surface area contributed by atoms with Crippen LogP contribution in [0.5, 0.6) is 5.75 Å². The van der Waals surface area contributed by atoms with Gasteiger partial charge in [-0.3, -0.25) is 9.52 Å². The number of sulfonamides is 1. The first kappa shape index (κ1) is 19.8. The summed E-state index contributed by atoms with van der Waals surface area (Å²) in [5, 5.41) is 2.77. The predicted octanol–water partition coefficient (Wildman–Crippen LogP) is 2.79. The molecule has 140 valence electrons. The van der Waals surface area contributed by atoms with E-state index >= 15 is 0 Å². The second-order valence-electron chi connectivity index (χ2n) is 6.28. The summed E-state index contributed by atoms with van der Waals surface area (Å²) in [6.07, 6.45) is 1.07. The number of aryl methyl sites for hydroxylation is 3. The molecule has 1 amide bonds. The summed E-state index contributed by atoms with van der Waals surface area (Å²) < 4.78 is 30.9. The first-order valence-corrected chi connectivity index (χ1v) is 10.1. The predicted molar refractivity (Wildman–Crippen MR) is 103 cm³/mol. The Bertz CT molecular complexity index is 908. The highest BCUT2D eigenvalue weighted by Gasteiger charge is 2.10. The van der Waals surface area contributed by atoms with Gasteiger partial charge < -0.3 is 10.1 Å². The van der Waals surface area contributed by atoms with Crippen molar-refractivity contribution in [1.29, 1.82) is 0 Å². The van der Waals surface area contributed by atoms with Gasteiger partial charge in [-0.2, -0.15) is 0 Å². The average Bonchev–Trinajstić information content (AvgIpc) is 2.53. The first-order valence-electron chi connectivity index (χ1n) is 8.22. The molecule has 0 bridgehead atoms. The Balaban J connectivity index is 1.92. The van der Waals surface area contributed by atoms with Gasteiger partial charge in [-0.05, 0) is 50.1 Å². The molecule has 0 aliphatic rings. The molecule has 0 saturated carbocycles. The van der Waals surface area contributed by atoms with E-state index < -0.39 is 10.0 Å². The van der Waals surface area contributed by atoms with E-state index in [1.807, 2.05) is 32.0 Å². The maximum Gasteiger partial charge on any atom is 0.251 e. The van der Waals surface area contributed by atoms with Crippen molar-refractivity contribution >= 4 is 21.6 Å². The van der Waals surface area contributed by atoms with Gasteiger partial charge in [-0.25, -0.2) is 8.42 Å². The number of hydrogen-bond acceptors (Lipinski definition) is 4. The number of nitrogens with one attached hydrogen (secondary N) is 2. The Morgan fingerprint density at radius 2 is 1.77 bits per heavy atom. The number of benzene rings is 2. The molecule has 0 fully saturated rings. The van der Waals surface area contributed by atoms with Gasteiger partial charge >= 0.3 is 0 Å². The number of anilines is 1. The van der Waals surface area contributed by atoms with Crippen LogP contribution in [0.1, 0.15) is 27.0 Å². The summed E-state index contributed by atoms with van der Waals surface area (Å²) >= 11 is 0. The molecular weight excluding hydrogens is 352 g/mol. The number of hydrogen-bond donors (Lipinski definition) is 2. The molecule has 2 N–H and O–H groups in total. The fourth-order valence-electron chi connectivity index (χ4n) is 2.46. The molecule has 6 nitrogen and oxygen atoms in total. The normalized spacial score (nSPS) is 11.1. The van der Waals surface area contributed by atoms with E-state index in [1.54, 1.807) is 19.1 Å². The zero-order valence-electron chi connectivity index (χ0n) is 15.4. The Hall–Kier alpha value is -2.54. The molecule has 0 spiro atoms. The Labute approximate surface area is 154 Å². The van der Waals surface area contributed by atoms with Crippen molar-refractivity contribution in [3.8, 4) is 5.75 Å². The van der Waals surface area contributed by atoms with Gasteiger partial charge in [0, 0.05) is 5.56 Å². The van der Waals surface area contributed by atoms with Gasteiger partial charge in [0.15, 0.2) is 0 Å². The SMILES string of the molecule is Cc1ccc(OCCNC(=O)c2ccc(C)c(NS(C)(=O)=O)c2)c(C)c1. The van der Waals surface area contributed by atoms with E-state index in [9.17, 15) is 13.2 Å². The van der Waals surface area contributed by atoms with E-state index in [-0.39, 0.29) is 5.91 Å². The van der Waals surface area contributed by atoms with Crippen LogP contribution in [0.2, 0.25) is 0 Å². The van der Waals surface area contributed by atoms with E-state index in [0.29, 0.717) is 24.4 Å². The molecule has 0 unspecified atom stereocenters. The van der Waals surface area contributed by atoms with Crippen molar-refractivity contribution < 1.29 is 17.9 Å². The molecular formula is C19H24N2O4S. The van der Waals surface area contributed by atoms with Gasteiger partial charge in [0.1, 0.15) is 12.4 Å². The number of rotatable bonds is 7. The maximum absolute atomic E-state index is 12.3. The number of amides is 1. The van der Waals surface area contributed by atoms with E-state index in [0.717, 1.165) is 23.1 Å². The van der Waals surface area contributed by atoms with Crippen LogP contribution in [0.15, 0.2) is 36.4 Å². The highest BCUT2D eigenvalue weighted by atomic mass is 32.2. The van der Waals surface area contributed by atoms with Crippen LogP contribution in [0.4, 0.5) is 5.69 Å². The number of ether oxygens (including phenoxy) is 1. The highest BCUT2D eigenvalue weighted by molar-refractivity contribution is 7.92. The zero-order valence-corrected chi connectivity index (χ0v) is 16.2. The second-order valence-corrected chi connectivity index (χ2v) is 8.03. The maximum atomic E-state index is 12.3. The lowest BCUT2D eigenvalue weighted by atomic mass is 10.1. The summed E-state index contributed by atoms with van der Waals surface area (Å²) in [4.78, 5) is 12.3. The van der Waals surface area contributed by atoms with Crippen LogP contribution in [0, 0.1) is 20.8 Å². The Morgan fingerprint density at radius 1 is 1.04 bits per heavy atom. The fraction of sp³-hybridized carbons (Fsp3) is 0.316. The number of carbonyl (C=O) groups excluding carboxylic acids is 1. The lowest BCUT2D eigenvalue weighted by Gasteiger charge is -2.12. The third kappa shape index (κ3) is 5.77. The molecule has 7 heteroatoms. The Kier molecular flexibility index (Phi) is 6.26. The standard InChI is InChI=1S/C19H24N2O4S/c1-13-5-8-18(15(3)11-13)25-10-9-20-19(22)16-7-6-14(2)17(12-16)21-26(4,23)24/h5-8,11-12,21H,9-10H2,1-4H3,(H,20,22). The van der Waals surface area contributed by atoms with Crippen molar-refractivity contribution in [2.75, 3.05) is 24.1 Å². The van der Waals surface area contributed by atoms with Crippen LogP contribution >= 0.6 is 0 Å². The molecule has 0 heterocycles. The summed E-state index contributed by atoms with van der Waals surface area (Å²) in [7, 11) is -3.40. The van der Waals surface area contributed by atoms with Gasteiger partial charge in [0.05, 0.1) is 18.5 Å². The molecule has 26 heavy (non-hydrogen) atoms. The minimum atomic E-state index is -3.40.